The molecule has 3 nitrogen and oxygen atoms in total. The van der Waals surface area contributed by atoms with E-state index in [4.69, 9.17) is 0 Å². The van der Waals surface area contributed by atoms with Gasteiger partial charge in [-0.2, -0.15) is 43.9 Å². The van der Waals surface area contributed by atoms with Crippen molar-refractivity contribution < 1.29 is 62.6 Å². The highest BCUT2D eigenvalue weighted by atomic mass is 19.4. The molecule has 0 aliphatic heterocycles. The fraction of sp³-hybridized carbons (Fsp3) is 0.900. The molecule has 0 N–H and O–H groups in total. The molecule has 0 radical (unpaired) electrons. The molecule has 0 aromatic heterocycles. The van der Waals surface area contributed by atoms with Gasteiger partial charge in [-0.1, -0.05) is 0 Å². The van der Waals surface area contributed by atoms with Crippen molar-refractivity contribution in [3.63, 3.8) is 0 Å². The van der Waals surface area contributed by atoms with Gasteiger partial charge in [0.1, 0.15) is 0 Å². The van der Waals surface area contributed by atoms with Crippen molar-refractivity contribution in [3.05, 3.63) is 0 Å². The Labute approximate surface area is 126 Å². The second-order valence-electron chi connectivity index (χ2n) is 4.36. The topological polar surface area (TPSA) is 35.5 Å². The monoisotopic (exact) mass is 386 g/mol. The molecule has 0 amide bonds. The van der Waals surface area contributed by atoms with Gasteiger partial charge in [0.25, 0.3) is 6.17 Å². The minimum atomic E-state index is -5.93. The van der Waals surface area contributed by atoms with Crippen LogP contribution in [0, 0.1) is 0 Å². The van der Waals surface area contributed by atoms with Gasteiger partial charge in [0.15, 0.2) is 6.61 Å². The van der Waals surface area contributed by atoms with Crippen LogP contribution < -0.4 is 0 Å². The van der Waals surface area contributed by atoms with Crippen LogP contribution >= 0.6 is 0 Å². The predicted octanol–water partition coefficient (Wildman–Crippen LogP) is 4.65. The zero-order chi connectivity index (χ0) is 19.4. The first-order valence-electron chi connectivity index (χ1n) is 5.83. The summed E-state index contributed by atoms with van der Waals surface area (Å²) >= 11 is 0. The molecule has 0 bridgehead atoms. The van der Waals surface area contributed by atoms with E-state index in [0.717, 1.165) is 0 Å². The quantitative estimate of drug-likeness (QED) is 0.363. The summed E-state index contributed by atoms with van der Waals surface area (Å²) in [6, 6.07) is 0. The summed E-state index contributed by atoms with van der Waals surface area (Å²) in [5, 5.41) is 0. The number of rotatable bonds is 7. The van der Waals surface area contributed by atoms with Crippen LogP contribution in [0.1, 0.15) is 12.8 Å². The van der Waals surface area contributed by atoms with Gasteiger partial charge in [0.05, 0.1) is 6.61 Å². The lowest BCUT2D eigenvalue weighted by Crippen LogP contribution is -2.45. The van der Waals surface area contributed by atoms with Gasteiger partial charge >= 0.3 is 30.4 Å². The molecule has 0 aromatic carbocycles. The molecule has 0 saturated carbocycles. The van der Waals surface area contributed by atoms with Crippen LogP contribution in [0.5, 0.6) is 0 Å². The average Bonchev–Trinajstić information content (AvgIpc) is 2.38. The van der Waals surface area contributed by atoms with Crippen LogP contribution in [0.2, 0.25) is 0 Å². The van der Waals surface area contributed by atoms with Crippen LogP contribution in [-0.4, -0.2) is 49.7 Å². The molecular weight excluding hydrogens is 377 g/mol. The Bertz CT molecular complexity index is 415. The number of hydrogen-bond donors (Lipinski definition) is 0. The highest BCUT2D eigenvalue weighted by Gasteiger charge is 2.58. The van der Waals surface area contributed by atoms with Crippen molar-refractivity contribution in [2.24, 2.45) is 0 Å². The van der Waals surface area contributed by atoms with Crippen LogP contribution in [0.4, 0.5) is 53.1 Å². The Hall–Kier alpha value is -1.50. The molecule has 0 rings (SSSR count). The van der Waals surface area contributed by atoms with Crippen molar-refractivity contribution in [3.8, 4) is 0 Å². The standard InChI is InChI=1S/C10H9F11O3/c11-5(9(16,17)18)7(12,13)4-24-6(22)23-3-1-2-8(14,15)10(19,20)21/h5H,1-4H2/t5-/m1/s1. The molecule has 0 aliphatic rings. The van der Waals surface area contributed by atoms with E-state index in [2.05, 4.69) is 9.47 Å². The first kappa shape index (κ1) is 22.5. The molecule has 0 saturated heterocycles. The third-order valence-electron chi connectivity index (χ3n) is 2.31. The highest BCUT2D eigenvalue weighted by Crippen LogP contribution is 2.38. The van der Waals surface area contributed by atoms with Crippen molar-refractivity contribution in [2.75, 3.05) is 13.2 Å². The fourth-order valence-corrected chi connectivity index (χ4v) is 1.10. The third kappa shape index (κ3) is 6.95. The zero-order valence-corrected chi connectivity index (χ0v) is 11.3. The summed E-state index contributed by atoms with van der Waals surface area (Å²) in [4.78, 5) is 10.7. The van der Waals surface area contributed by atoms with E-state index in [-0.39, 0.29) is 0 Å². The molecule has 0 heterocycles. The Kier molecular flexibility index (Phi) is 7.12. The molecule has 14 heteroatoms. The molecule has 144 valence electrons. The van der Waals surface area contributed by atoms with E-state index in [0.29, 0.717) is 0 Å². The number of hydrogen-bond acceptors (Lipinski definition) is 3. The Balaban J connectivity index is 4.21. The largest absolute Gasteiger partial charge is 0.508 e. The van der Waals surface area contributed by atoms with Crippen molar-refractivity contribution in [1.29, 1.82) is 0 Å². The molecule has 0 aliphatic carbocycles. The fourth-order valence-electron chi connectivity index (χ4n) is 1.10. The maximum absolute atomic E-state index is 12.7. The summed E-state index contributed by atoms with van der Waals surface area (Å²) in [6.07, 6.45) is -21.3. The number of alkyl halides is 11. The van der Waals surface area contributed by atoms with Crippen molar-refractivity contribution in [2.45, 2.75) is 43.2 Å². The lowest BCUT2D eigenvalue weighted by Gasteiger charge is -2.22. The van der Waals surface area contributed by atoms with E-state index in [1.807, 2.05) is 0 Å². The molecule has 0 spiro atoms. The predicted molar refractivity (Wildman–Crippen MR) is 53.4 cm³/mol. The Morgan fingerprint density at radius 1 is 0.875 bits per heavy atom. The normalized spacial score (nSPS) is 15.1. The highest BCUT2D eigenvalue weighted by molar-refractivity contribution is 5.59. The number of carbonyl (C=O) groups excluding carboxylic acids is 1. The van der Waals surface area contributed by atoms with Crippen molar-refractivity contribution in [1.82, 2.24) is 0 Å². The summed E-state index contributed by atoms with van der Waals surface area (Å²) in [5.74, 6) is -10.2. The van der Waals surface area contributed by atoms with E-state index in [1.165, 1.54) is 0 Å². The second kappa shape index (κ2) is 7.59. The lowest BCUT2D eigenvalue weighted by atomic mass is 10.2. The van der Waals surface area contributed by atoms with Gasteiger partial charge in [-0.25, -0.2) is 9.18 Å². The summed E-state index contributed by atoms with van der Waals surface area (Å²) in [6.45, 7) is -3.49. The number of ether oxygens (including phenoxy) is 2. The van der Waals surface area contributed by atoms with Crippen molar-refractivity contribution >= 4 is 6.16 Å². The van der Waals surface area contributed by atoms with E-state index in [9.17, 15) is 53.1 Å². The smallest absolute Gasteiger partial charge is 0.434 e. The van der Waals surface area contributed by atoms with Gasteiger partial charge < -0.3 is 9.47 Å². The van der Waals surface area contributed by atoms with E-state index < -0.39 is 62.6 Å². The van der Waals surface area contributed by atoms with E-state index in [1.54, 1.807) is 0 Å². The SMILES string of the molecule is O=C(OCCCC(F)(F)C(F)(F)F)OCC(F)(F)[C@@H](F)C(F)(F)F. The minimum Gasteiger partial charge on any atom is -0.434 e. The second-order valence-corrected chi connectivity index (χ2v) is 4.36. The van der Waals surface area contributed by atoms with Crippen LogP contribution in [-0.2, 0) is 9.47 Å². The number of carbonyl (C=O) groups is 1. The van der Waals surface area contributed by atoms with Gasteiger partial charge in [0.2, 0.25) is 0 Å². The molecule has 0 aromatic rings. The first-order chi connectivity index (χ1) is 10.5. The molecular formula is C10H9F11O3. The van der Waals surface area contributed by atoms with Gasteiger partial charge in [-0.15, -0.1) is 0 Å². The summed E-state index contributed by atoms with van der Waals surface area (Å²) in [7, 11) is 0. The van der Waals surface area contributed by atoms with Gasteiger partial charge in [-0.05, 0) is 6.42 Å². The minimum absolute atomic E-state index is 1.05. The van der Waals surface area contributed by atoms with Crippen LogP contribution in [0.15, 0.2) is 0 Å². The molecule has 1 atom stereocenters. The zero-order valence-electron chi connectivity index (χ0n) is 11.3. The number of halogens is 11. The first-order valence-corrected chi connectivity index (χ1v) is 5.83. The molecule has 0 unspecified atom stereocenters. The van der Waals surface area contributed by atoms with Crippen LogP contribution in [0.3, 0.4) is 0 Å². The summed E-state index contributed by atoms with van der Waals surface area (Å²) < 4.78 is 140. The van der Waals surface area contributed by atoms with Gasteiger partial charge in [0, 0.05) is 6.42 Å². The maximum Gasteiger partial charge on any atom is 0.508 e. The molecule has 0 fully saturated rings. The summed E-state index contributed by atoms with van der Waals surface area (Å²) in [5.41, 5.74) is 0. The van der Waals surface area contributed by atoms with Crippen LogP contribution in [0.25, 0.3) is 0 Å². The maximum atomic E-state index is 12.7. The van der Waals surface area contributed by atoms with E-state index >= 15 is 0 Å². The molecule has 24 heavy (non-hydrogen) atoms. The van der Waals surface area contributed by atoms with Gasteiger partial charge in [-0.3, -0.25) is 0 Å². The third-order valence-corrected chi connectivity index (χ3v) is 2.31. The Morgan fingerprint density at radius 3 is 1.79 bits per heavy atom. The lowest BCUT2D eigenvalue weighted by molar-refractivity contribution is -0.285. The Morgan fingerprint density at radius 2 is 1.38 bits per heavy atom. The average molecular weight is 386 g/mol.